The summed E-state index contributed by atoms with van der Waals surface area (Å²) in [6, 6.07) is 8.59. The molecule has 0 aliphatic rings. The van der Waals surface area contributed by atoms with E-state index in [1.165, 1.54) is 18.9 Å². The third kappa shape index (κ3) is 5.03. The Balaban J connectivity index is 1.76. The highest BCUT2D eigenvalue weighted by Crippen LogP contribution is 2.41. The molecule has 0 saturated carbocycles. The van der Waals surface area contributed by atoms with E-state index >= 15 is 0 Å². The van der Waals surface area contributed by atoms with Crippen molar-refractivity contribution in [3.8, 4) is 34.4 Å². The Hall–Kier alpha value is -3.11. The molecule has 0 bridgehead atoms. The zero-order valence-electron chi connectivity index (χ0n) is 18.3. The van der Waals surface area contributed by atoms with Crippen molar-refractivity contribution in [3.05, 3.63) is 35.4 Å². The number of halogens is 1. The summed E-state index contributed by atoms with van der Waals surface area (Å²) in [5.74, 6) is 2.51. The van der Waals surface area contributed by atoms with E-state index in [1.807, 2.05) is 7.05 Å². The molecule has 1 amide bonds. The maximum absolute atomic E-state index is 12.5. The molecule has 2 aromatic carbocycles. The number of thioether (sulfide) groups is 1. The van der Waals surface area contributed by atoms with Gasteiger partial charge < -0.3 is 28.8 Å². The van der Waals surface area contributed by atoms with Crippen LogP contribution in [0.5, 0.6) is 23.0 Å². The van der Waals surface area contributed by atoms with Crippen LogP contribution in [0.4, 0.5) is 5.69 Å². The molecule has 1 heterocycles. The normalized spacial score (nSPS) is 10.6. The van der Waals surface area contributed by atoms with E-state index in [2.05, 4.69) is 15.5 Å². The summed E-state index contributed by atoms with van der Waals surface area (Å²) in [6.07, 6.45) is 0. The molecule has 0 atom stereocenters. The predicted molar refractivity (Wildman–Crippen MR) is 123 cm³/mol. The number of nitrogens with zero attached hydrogens (tertiary/aromatic N) is 3. The number of hydrogen-bond acceptors (Lipinski definition) is 8. The van der Waals surface area contributed by atoms with Crippen LogP contribution in [-0.4, -0.2) is 54.9 Å². The summed E-state index contributed by atoms with van der Waals surface area (Å²) in [4.78, 5) is 12.5. The first-order chi connectivity index (χ1) is 15.4. The number of amides is 1. The summed E-state index contributed by atoms with van der Waals surface area (Å²) >= 11 is 7.27. The number of benzene rings is 2. The predicted octanol–water partition coefficient (Wildman–Crippen LogP) is 3.90. The van der Waals surface area contributed by atoms with Gasteiger partial charge in [-0.25, -0.2) is 0 Å². The molecule has 0 radical (unpaired) electrons. The summed E-state index contributed by atoms with van der Waals surface area (Å²) in [6.45, 7) is 0. The van der Waals surface area contributed by atoms with Gasteiger partial charge in [-0.2, -0.15) is 0 Å². The van der Waals surface area contributed by atoms with Gasteiger partial charge in [0, 0.05) is 17.6 Å². The topological polar surface area (TPSA) is 96.7 Å². The zero-order chi connectivity index (χ0) is 23.3. The van der Waals surface area contributed by atoms with E-state index < -0.39 is 0 Å². The first kappa shape index (κ1) is 23.6. The van der Waals surface area contributed by atoms with Crippen molar-refractivity contribution >= 4 is 35.0 Å². The minimum Gasteiger partial charge on any atom is -0.495 e. The van der Waals surface area contributed by atoms with Crippen LogP contribution in [0.2, 0.25) is 5.02 Å². The lowest BCUT2D eigenvalue weighted by molar-refractivity contribution is -0.113. The Morgan fingerprint density at radius 3 is 2.25 bits per heavy atom. The number of nitrogens with one attached hydrogen (secondary N) is 1. The van der Waals surface area contributed by atoms with Crippen LogP contribution in [0.15, 0.2) is 35.5 Å². The Bertz CT molecular complexity index is 1100. The van der Waals surface area contributed by atoms with Crippen LogP contribution < -0.4 is 24.3 Å². The second-order valence-electron chi connectivity index (χ2n) is 6.46. The van der Waals surface area contributed by atoms with Crippen molar-refractivity contribution < 1.29 is 23.7 Å². The van der Waals surface area contributed by atoms with E-state index in [0.717, 1.165) is 5.56 Å². The lowest BCUT2D eigenvalue weighted by Gasteiger charge is -2.14. The van der Waals surface area contributed by atoms with Crippen molar-refractivity contribution in [2.45, 2.75) is 5.16 Å². The Labute approximate surface area is 195 Å². The van der Waals surface area contributed by atoms with E-state index in [9.17, 15) is 4.79 Å². The molecular formula is C21H23ClN4O5S. The highest BCUT2D eigenvalue weighted by molar-refractivity contribution is 7.99. The van der Waals surface area contributed by atoms with Gasteiger partial charge >= 0.3 is 0 Å². The van der Waals surface area contributed by atoms with Crippen LogP contribution in [0, 0.1) is 0 Å². The molecule has 9 nitrogen and oxygen atoms in total. The Morgan fingerprint density at radius 2 is 1.66 bits per heavy atom. The number of rotatable bonds is 9. The first-order valence-electron chi connectivity index (χ1n) is 9.37. The van der Waals surface area contributed by atoms with Gasteiger partial charge in [0.2, 0.25) is 11.7 Å². The summed E-state index contributed by atoms with van der Waals surface area (Å²) in [5, 5.41) is 12.3. The molecule has 0 fully saturated rings. The molecule has 3 aromatic rings. The molecule has 3 rings (SSSR count). The zero-order valence-corrected chi connectivity index (χ0v) is 19.8. The van der Waals surface area contributed by atoms with Crippen LogP contribution in [0.1, 0.15) is 0 Å². The average molecular weight is 479 g/mol. The molecule has 32 heavy (non-hydrogen) atoms. The van der Waals surface area contributed by atoms with E-state index in [1.54, 1.807) is 56.2 Å². The number of carbonyl (C=O) groups excluding carboxylic acids is 1. The fraction of sp³-hybridized carbons (Fsp3) is 0.286. The molecule has 1 N–H and O–H groups in total. The largest absolute Gasteiger partial charge is 0.495 e. The van der Waals surface area contributed by atoms with Gasteiger partial charge in [0.25, 0.3) is 0 Å². The molecule has 170 valence electrons. The summed E-state index contributed by atoms with van der Waals surface area (Å²) in [5.41, 5.74) is 1.23. The van der Waals surface area contributed by atoms with Gasteiger partial charge in [0.1, 0.15) is 5.75 Å². The molecule has 0 spiro atoms. The Kier molecular flexibility index (Phi) is 7.70. The van der Waals surface area contributed by atoms with Crippen molar-refractivity contribution in [2.24, 2.45) is 7.05 Å². The van der Waals surface area contributed by atoms with Crippen LogP contribution in [0.3, 0.4) is 0 Å². The SMILES string of the molecule is COc1ccc(Cl)cc1NC(=O)CSc1nnc(-c2cc(OC)c(OC)c(OC)c2)n1C. The highest BCUT2D eigenvalue weighted by atomic mass is 35.5. The molecule has 0 unspecified atom stereocenters. The third-order valence-corrected chi connectivity index (χ3v) is 5.78. The van der Waals surface area contributed by atoms with E-state index in [4.69, 9.17) is 30.5 Å². The quantitative estimate of drug-likeness (QED) is 0.462. The van der Waals surface area contributed by atoms with E-state index in [0.29, 0.717) is 44.7 Å². The monoisotopic (exact) mass is 478 g/mol. The van der Waals surface area contributed by atoms with Gasteiger partial charge in [-0.3, -0.25) is 4.79 Å². The van der Waals surface area contributed by atoms with Crippen molar-refractivity contribution in [2.75, 3.05) is 39.5 Å². The fourth-order valence-corrected chi connectivity index (χ4v) is 3.88. The number of carbonyl (C=O) groups is 1. The highest BCUT2D eigenvalue weighted by Gasteiger charge is 2.19. The minimum atomic E-state index is -0.229. The number of ether oxygens (including phenoxy) is 4. The van der Waals surface area contributed by atoms with Crippen LogP contribution in [0.25, 0.3) is 11.4 Å². The lowest BCUT2D eigenvalue weighted by atomic mass is 10.1. The maximum atomic E-state index is 12.5. The summed E-state index contributed by atoms with van der Waals surface area (Å²) < 4.78 is 23.2. The van der Waals surface area contributed by atoms with Crippen LogP contribution in [-0.2, 0) is 11.8 Å². The average Bonchev–Trinajstić information content (AvgIpc) is 3.17. The molecule has 0 aliphatic carbocycles. The third-order valence-electron chi connectivity index (χ3n) is 4.53. The second-order valence-corrected chi connectivity index (χ2v) is 7.84. The number of hydrogen-bond donors (Lipinski definition) is 1. The number of methoxy groups -OCH3 is 4. The van der Waals surface area contributed by atoms with Crippen LogP contribution >= 0.6 is 23.4 Å². The first-order valence-corrected chi connectivity index (χ1v) is 10.7. The molecular weight excluding hydrogens is 456 g/mol. The molecule has 11 heteroatoms. The maximum Gasteiger partial charge on any atom is 0.234 e. The van der Waals surface area contributed by atoms with E-state index in [-0.39, 0.29) is 11.7 Å². The second kappa shape index (κ2) is 10.5. The van der Waals surface area contributed by atoms with Gasteiger partial charge in [-0.15, -0.1) is 10.2 Å². The van der Waals surface area contributed by atoms with Gasteiger partial charge in [0.15, 0.2) is 22.5 Å². The van der Waals surface area contributed by atoms with Gasteiger partial charge in [-0.05, 0) is 30.3 Å². The standard InChI is InChI=1S/C21H23ClN4O5S/c1-26-20(12-8-16(29-3)19(31-5)17(9-12)30-4)24-25-21(26)32-11-18(27)23-14-10-13(22)6-7-15(14)28-2/h6-10H,11H2,1-5H3,(H,23,27). The Morgan fingerprint density at radius 1 is 1.00 bits per heavy atom. The smallest absolute Gasteiger partial charge is 0.234 e. The minimum absolute atomic E-state index is 0.122. The van der Waals surface area contributed by atoms with Crippen molar-refractivity contribution in [1.82, 2.24) is 14.8 Å². The van der Waals surface area contributed by atoms with Gasteiger partial charge in [-0.1, -0.05) is 23.4 Å². The molecule has 0 saturated heterocycles. The van der Waals surface area contributed by atoms with Gasteiger partial charge in [0.05, 0.1) is 39.9 Å². The number of anilines is 1. The number of aromatic nitrogens is 3. The van der Waals surface area contributed by atoms with Crippen molar-refractivity contribution in [1.29, 1.82) is 0 Å². The molecule has 1 aromatic heterocycles. The molecule has 0 aliphatic heterocycles. The van der Waals surface area contributed by atoms with Crippen molar-refractivity contribution in [3.63, 3.8) is 0 Å². The lowest BCUT2D eigenvalue weighted by Crippen LogP contribution is -2.15. The summed E-state index contributed by atoms with van der Waals surface area (Å²) in [7, 11) is 7.98. The fourth-order valence-electron chi connectivity index (χ4n) is 3.00.